The Morgan fingerprint density at radius 1 is 1.09 bits per heavy atom. The minimum Gasteiger partial charge on any atom is -0.478 e. The molecule has 118 valence electrons. The lowest BCUT2D eigenvalue weighted by molar-refractivity contribution is 0.390. The van der Waals surface area contributed by atoms with Gasteiger partial charge in [-0.25, -0.2) is 15.0 Å². The van der Waals surface area contributed by atoms with Crippen LogP contribution in [-0.2, 0) is 0 Å². The highest BCUT2D eigenvalue weighted by molar-refractivity contribution is 5.48. The first-order valence-electron chi connectivity index (χ1n) is 7.83. The van der Waals surface area contributed by atoms with E-state index >= 15 is 0 Å². The SMILES string of the molecule is COc1nccnc1N1CCC(c2nccn2C(C)C)CC1. The number of methoxy groups -OCH3 is 1. The normalized spacial score (nSPS) is 16.3. The van der Waals surface area contributed by atoms with Crippen molar-refractivity contribution in [2.75, 3.05) is 25.1 Å². The van der Waals surface area contributed by atoms with Gasteiger partial charge < -0.3 is 14.2 Å². The molecule has 1 saturated heterocycles. The molecule has 0 spiro atoms. The van der Waals surface area contributed by atoms with Crippen molar-refractivity contribution < 1.29 is 4.74 Å². The molecular weight excluding hydrogens is 278 g/mol. The predicted molar refractivity (Wildman–Crippen MR) is 85.4 cm³/mol. The molecule has 1 aliphatic heterocycles. The van der Waals surface area contributed by atoms with E-state index in [0.29, 0.717) is 17.8 Å². The molecule has 6 nitrogen and oxygen atoms in total. The van der Waals surface area contributed by atoms with Crippen molar-refractivity contribution in [3.63, 3.8) is 0 Å². The largest absolute Gasteiger partial charge is 0.478 e. The molecular formula is C16H23N5O. The molecule has 3 heterocycles. The Kier molecular flexibility index (Phi) is 4.27. The van der Waals surface area contributed by atoms with Crippen LogP contribution in [0.2, 0.25) is 0 Å². The van der Waals surface area contributed by atoms with E-state index < -0.39 is 0 Å². The number of anilines is 1. The van der Waals surface area contributed by atoms with Crippen molar-refractivity contribution in [3.05, 3.63) is 30.6 Å². The molecule has 0 radical (unpaired) electrons. The number of hydrogen-bond acceptors (Lipinski definition) is 5. The van der Waals surface area contributed by atoms with E-state index in [-0.39, 0.29) is 0 Å². The molecule has 0 saturated carbocycles. The highest BCUT2D eigenvalue weighted by Crippen LogP contribution is 2.32. The molecule has 0 aromatic carbocycles. The average Bonchev–Trinajstić information content (AvgIpc) is 3.05. The second-order valence-electron chi connectivity index (χ2n) is 5.94. The lowest BCUT2D eigenvalue weighted by Gasteiger charge is -2.33. The van der Waals surface area contributed by atoms with Crippen LogP contribution in [0.4, 0.5) is 5.82 Å². The molecule has 22 heavy (non-hydrogen) atoms. The number of piperidine rings is 1. The average molecular weight is 301 g/mol. The van der Waals surface area contributed by atoms with Crippen molar-refractivity contribution in [2.24, 2.45) is 0 Å². The van der Waals surface area contributed by atoms with Gasteiger partial charge in [-0.1, -0.05) is 0 Å². The van der Waals surface area contributed by atoms with E-state index in [2.05, 4.69) is 44.5 Å². The summed E-state index contributed by atoms with van der Waals surface area (Å²) in [5.74, 6) is 3.16. The van der Waals surface area contributed by atoms with Crippen LogP contribution < -0.4 is 9.64 Å². The van der Waals surface area contributed by atoms with Crippen LogP contribution >= 0.6 is 0 Å². The highest BCUT2D eigenvalue weighted by atomic mass is 16.5. The molecule has 1 aliphatic rings. The topological polar surface area (TPSA) is 56.1 Å². The summed E-state index contributed by atoms with van der Waals surface area (Å²) in [4.78, 5) is 15.5. The third-order valence-corrected chi connectivity index (χ3v) is 4.25. The van der Waals surface area contributed by atoms with E-state index in [1.54, 1.807) is 19.5 Å². The summed E-state index contributed by atoms with van der Waals surface area (Å²) >= 11 is 0. The molecule has 2 aromatic heterocycles. The number of aromatic nitrogens is 4. The molecule has 0 bridgehead atoms. The fourth-order valence-corrected chi connectivity index (χ4v) is 3.11. The van der Waals surface area contributed by atoms with E-state index in [9.17, 15) is 0 Å². The van der Waals surface area contributed by atoms with Crippen molar-refractivity contribution >= 4 is 5.82 Å². The second-order valence-corrected chi connectivity index (χ2v) is 5.94. The van der Waals surface area contributed by atoms with Gasteiger partial charge in [0.15, 0.2) is 5.82 Å². The minimum absolute atomic E-state index is 0.454. The first kappa shape index (κ1) is 14.8. The Labute approximate surface area is 131 Å². The fourth-order valence-electron chi connectivity index (χ4n) is 3.11. The van der Waals surface area contributed by atoms with Gasteiger partial charge in [0.1, 0.15) is 5.82 Å². The van der Waals surface area contributed by atoms with E-state index in [4.69, 9.17) is 4.74 Å². The summed E-state index contributed by atoms with van der Waals surface area (Å²) < 4.78 is 7.60. The number of ether oxygens (including phenoxy) is 1. The number of nitrogens with zero attached hydrogens (tertiary/aromatic N) is 5. The minimum atomic E-state index is 0.454. The molecule has 0 aliphatic carbocycles. The first-order valence-corrected chi connectivity index (χ1v) is 7.83. The van der Waals surface area contributed by atoms with Gasteiger partial charge in [0.25, 0.3) is 5.88 Å². The third-order valence-electron chi connectivity index (χ3n) is 4.25. The molecule has 6 heteroatoms. The molecule has 0 amide bonds. The number of rotatable bonds is 4. The summed E-state index contributed by atoms with van der Waals surface area (Å²) in [5, 5.41) is 0. The molecule has 3 rings (SSSR count). The molecule has 0 N–H and O–H groups in total. The van der Waals surface area contributed by atoms with Gasteiger partial charge in [-0.3, -0.25) is 0 Å². The second kappa shape index (κ2) is 6.34. The van der Waals surface area contributed by atoms with Crippen LogP contribution in [-0.4, -0.2) is 39.7 Å². The van der Waals surface area contributed by atoms with Gasteiger partial charge in [0.05, 0.1) is 7.11 Å². The lowest BCUT2D eigenvalue weighted by Crippen LogP contribution is -2.34. The molecule has 0 unspecified atom stereocenters. The van der Waals surface area contributed by atoms with Crippen LogP contribution in [0.5, 0.6) is 5.88 Å². The summed E-state index contributed by atoms with van der Waals surface area (Å²) in [7, 11) is 1.64. The summed E-state index contributed by atoms with van der Waals surface area (Å²) in [6, 6.07) is 0.454. The van der Waals surface area contributed by atoms with Gasteiger partial charge in [0.2, 0.25) is 0 Å². The first-order chi connectivity index (χ1) is 10.7. The Morgan fingerprint density at radius 2 is 1.82 bits per heavy atom. The molecule has 1 fully saturated rings. The summed E-state index contributed by atoms with van der Waals surface area (Å²) in [5.41, 5.74) is 0. The number of imidazole rings is 1. The maximum absolute atomic E-state index is 5.32. The number of hydrogen-bond donors (Lipinski definition) is 0. The van der Waals surface area contributed by atoms with E-state index in [1.165, 1.54) is 5.82 Å². The van der Waals surface area contributed by atoms with Gasteiger partial charge in [-0.05, 0) is 26.7 Å². The zero-order valence-corrected chi connectivity index (χ0v) is 13.4. The Balaban J connectivity index is 1.71. The van der Waals surface area contributed by atoms with E-state index in [1.807, 2.05) is 6.20 Å². The van der Waals surface area contributed by atoms with Gasteiger partial charge in [0, 0.05) is 49.8 Å². The Hall–Kier alpha value is -2.11. The van der Waals surface area contributed by atoms with Gasteiger partial charge in [-0.2, -0.15) is 0 Å². The van der Waals surface area contributed by atoms with Crippen LogP contribution in [0.15, 0.2) is 24.8 Å². The standard InChI is InChI=1S/C16H23N5O/c1-12(2)21-11-8-18-14(21)13-4-9-20(10-5-13)15-16(22-3)19-7-6-17-15/h6-8,11-13H,4-5,9-10H2,1-3H3. The Bertz CT molecular complexity index is 617. The van der Waals surface area contributed by atoms with Crippen LogP contribution in [0.1, 0.15) is 44.5 Å². The maximum atomic E-state index is 5.32. The van der Waals surface area contributed by atoms with Gasteiger partial charge in [-0.15, -0.1) is 0 Å². The van der Waals surface area contributed by atoms with E-state index in [0.717, 1.165) is 31.7 Å². The highest BCUT2D eigenvalue weighted by Gasteiger charge is 2.26. The van der Waals surface area contributed by atoms with Crippen LogP contribution in [0.25, 0.3) is 0 Å². The maximum Gasteiger partial charge on any atom is 0.257 e. The fraction of sp³-hybridized carbons (Fsp3) is 0.562. The molecule has 0 atom stereocenters. The quantitative estimate of drug-likeness (QED) is 0.869. The summed E-state index contributed by atoms with van der Waals surface area (Å²) in [6.07, 6.45) is 9.52. The van der Waals surface area contributed by atoms with Crippen molar-refractivity contribution in [3.8, 4) is 5.88 Å². The Morgan fingerprint density at radius 3 is 2.50 bits per heavy atom. The predicted octanol–water partition coefficient (Wildman–Crippen LogP) is 2.65. The smallest absolute Gasteiger partial charge is 0.257 e. The summed E-state index contributed by atoms with van der Waals surface area (Å²) in [6.45, 7) is 6.30. The third kappa shape index (κ3) is 2.77. The van der Waals surface area contributed by atoms with Crippen LogP contribution in [0, 0.1) is 0 Å². The lowest BCUT2D eigenvalue weighted by atomic mass is 9.95. The monoisotopic (exact) mass is 301 g/mol. The van der Waals surface area contributed by atoms with Crippen molar-refractivity contribution in [1.82, 2.24) is 19.5 Å². The zero-order valence-electron chi connectivity index (χ0n) is 13.4. The van der Waals surface area contributed by atoms with Gasteiger partial charge >= 0.3 is 0 Å². The van der Waals surface area contributed by atoms with Crippen molar-refractivity contribution in [1.29, 1.82) is 0 Å². The molecule has 2 aromatic rings. The van der Waals surface area contributed by atoms with Crippen LogP contribution in [0.3, 0.4) is 0 Å². The van der Waals surface area contributed by atoms with Crippen molar-refractivity contribution in [2.45, 2.75) is 38.6 Å². The zero-order chi connectivity index (χ0) is 15.5.